The standard InChI is InChI=1S/C8H16N2O5S/c1-15-8(12)9-7-2-3-10(6-7)16(13,14)5-4-11/h7,11H,2-6H2,1H3,(H,9,12). The van der Waals surface area contributed by atoms with Gasteiger partial charge in [-0.1, -0.05) is 0 Å². The lowest BCUT2D eigenvalue weighted by Gasteiger charge is -2.15. The number of amides is 1. The number of alkyl carbamates (subject to hydrolysis) is 1. The molecule has 1 saturated heterocycles. The van der Waals surface area contributed by atoms with Crippen molar-refractivity contribution in [2.45, 2.75) is 12.5 Å². The summed E-state index contributed by atoms with van der Waals surface area (Å²) < 4.78 is 28.8. The maximum Gasteiger partial charge on any atom is 0.407 e. The Morgan fingerprint density at radius 2 is 2.31 bits per heavy atom. The van der Waals surface area contributed by atoms with Gasteiger partial charge in [-0.25, -0.2) is 13.2 Å². The molecule has 1 fully saturated rings. The fourth-order valence-corrected chi connectivity index (χ4v) is 2.85. The molecule has 0 aromatic heterocycles. The quantitative estimate of drug-likeness (QED) is 0.651. The van der Waals surface area contributed by atoms with E-state index in [9.17, 15) is 13.2 Å². The van der Waals surface area contributed by atoms with Crippen LogP contribution in [0.1, 0.15) is 6.42 Å². The molecule has 1 heterocycles. The predicted molar refractivity (Wildman–Crippen MR) is 56.4 cm³/mol. The van der Waals surface area contributed by atoms with E-state index in [0.717, 1.165) is 0 Å². The highest BCUT2D eigenvalue weighted by Gasteiger charge is 2.31. The van der Waals surface area contributed by atoms with Crippen molar-refractivity contribution in [3.8, 4) is 0 Å². The second-order valence-electron chi connectivity index (χ2n) is 3.52. The first-order valence-corrected chi connectivity index (χ1v) is 6.53. The van der Waals surface area contributed by atoms with Crippen molar-refractivity contribution in [3.63, 3.8) is 0 Å². The molecule has 2 N–H and O–H groups in total. The van der Waals surface area contributed by atoms with Gasteiger partial charge in [0.2, 0.25) is 10.0 Å². The third-order valence-electron chi connectivity index (χ3n) is 2.40. The fraction of sp³-hybridized carbons (Fsp3) is 0.875. The summed E-state index contributed by atoms with van der Waals surface area (Å²) in [7, 11) is -2.14. The molecule has 1 aliphatic rings. The Kier molecular flexibility index (Phi) is 4.51. The molecule has 0 spiro atoms. The summed E-state index contributed by atoms with van der Waals surface area (Å²) in [6.07, 6.45) is -0.00820. The summed E-state index contributed by atoms with van der Waals surface area (Å²) in [5, 5.41) is 11.2. The van der Waals surface area contributed by atoms with Gasteiger partial charge in [-0.05, 0) is 6.42 Å². The summed E-state index contributed by atoms with van der Waals surface area (Å²) in [4.78, 5) is 10.9. The molecule has 1 rings (SSSR count). The lowest BCUT2D eigenvalue weighted by atomic mass is 10.3. The molecular formula is C8H16N2O5S. The Balaban J connectivity index is 2.49. The van der Waals surface area contributed by atoms with Crippen molar-refractivity contribution in [1.29, 1.82) is 0 Å². The number of aliphatic hydroxyl groups excluding tert-OH is 1. The van der Waals surface area contributed by atoms with Crippen molar-refractivity contribution in [3.05, 3.63) is 0 Å². The van der Waals surface area contributed by atoms with Crippen LogP contribution in [0, 0.1) is 0 Å². The minimum absolute atomic E-state index is 0.221. The normalized spacial score (nSPS) is 22.0. The van der Waals surface area contributed by atoms with Gasteiger partial charge in [-0.2, -0.15) is 4.31 Å². The van der Waals surface area contributed by atoms with E-state index in [-0.39, 0.29) is 18.3 Å². The first-order valence-electron chi connectivity index (χ1n) is 4.92. The Morgan fingerprint density at radius 1 is 1.62 bits per heavy atom. The highest BCUT2D eigenvalue weighted by Crippen LogP contribution is 2.14. The van der Waals surface area contributed by atoms with Crippen LogP contribution in [0.4, 0.5) is 4.79 Å². The van der Waals surface area contributed by atoms with Crippen LogP contribution in [-0.2, 0) is 14.8 Å². The van der Waals surface area contributed by atoms with E-state index in [1.54, 1.807) is 0 Å². The number of hydrogen-bond donors (Lipinski definition) is 2. The van der Waals surface area contributed by atoms with Crippen LogP contribution in [0.3, 0.4) is 0 Å². The Labute approximate surface area is 94.4 Å². The van der Waals surface area contributed by atoms with Gasteiger partial charge in [0.1, 0.15) is 0 Å². The molecule has 8 heteroatoms. The van der Waals surface area contributed by atoms with Crippen molar-refractivity contribution in [2.24, 2.45) is 0 Å². The van der Waals surface area contributed by atoms with E-state index in [1.165, 1.54) is 11.4 Å². The van der Waals surface area contributed by atoms with E-state index < -0.39 is 22.7 Å². The summed E-state index contributed by atoms with van der Waals surface area (Å²) in [6, 6.07) is -0.221. The summed E-state index contributed by atoms with van der Waals surface area (Å²) >= 11 is 0. The zero-order valence-electron chi connectivity index (χ0n) is 9.05. The molecule has 1 aliphatic heterocycles. The van der Waals surface area contributed by atoms with Gasteiger partial charge in [0, 0.05) is 19.1 Å². The molecule has 0 bridgehead atoms. The number of hydrogen-bond acceptors (Lipinski definition) is 5. The molecule has 94 valence electrons. The van der Waals surface area contributed by atoms with Gasteiger partial charge in [0.25, 0.3) is 0 Å². The molecule has 1 unspecified atom stereocenters. The molecule has 0 saturated carbocycles. The predicted octanol–water partition coefficient (Wildman–Crippen LogP) is -1.26. The zero-order chi connectivity index (χ0) is 12.2. The van der Waals surface area contributed by atoms with Gasteiger partial charge >= 0.3 is 6.09 Å². The van der Waals surface area contributed by atoms with Crippen molar-refractivity contribution in [1.82, 2.24) is 9.62 Å². The highest BCUT2D eigenvalue weighted by molar-refractivity contribution is 7.89. The van der Waals surface area contributed by atoms with Crippen LogP contribution in [-0.4, -0.2) is 62.5 Å². The molecule has 0 aromatic carbocycles. The molecular weight excluding hydrogens is 236 g/mol. The second kappa shape index (κ2) is 5.46. The van der Waals surface area contributed by atoms with Crippen LogP contribution in [0.5, 0.6) is 0 Å². The molecule has 7 nitrogen and oxygen atoms in total. The molecule has 16 heavy (non-hydrogen) atoms. The largest absolute Gasteiger partial charge is 0.453 e. The number of carbonyl (C=O) groups excluding carboxylic acids is 1. The second-order valence-corrected chi connectivity index (χ2v) is 5.61. The van der Waals surface area contributed by atoms with Gasteiger partial charge in [0.15, 0.2) is 0 Å². The number of rotatable bonds is 4. The van der Waals surface area contributed by atoms with E-state index >= 15 is 0 Å². The van der Waals surface area contributed by atoms with Crippen LogP contribution in [0.2, 0.25) is 0 Å². The van der Waals surface area contributed by atoms with Crippen LogP contribution < -0.4 is 5.32 Å². The number of carbonyl (C=O) groups is 1. The van der Waals surface area contributed by atoms with Crippen LogP contribution in [0.25, 0.3) is 0 Å². The van der Waals surface area contributed by atoms with Crippen molar-refractivity contribution < 1.29 is 23.1 Å². The molecule has 0 aromatic rings. The van der Waals surface area contributed by atoms with Crippen molar-refractivity contribution >= 4 is 16.1 Å². The number of nitrogens with one attached hydrogen (secondary N) is 1. The lowest BCUT2D eigenvalue weighted by molar-refractivity contribution is 0.167. The number of sulfonamides is 1. The number of aliphatic hydroxyl groups is 1. The molecule has 1 amide bonds. The van der Waals surface area contributed by atoms with Gasteiger partial charge in [-0.3, -0.25) is 0 Å². The molecule has 0 aliphatic carbocycles. The minimum atomic E-state index is -3.39. The molecule has 1 atom stereocenters. The highest BCUT2D eigenvalue weighted by atomic mass is 32.2. The van der Waals surface area contributed by atoms with E-state index in [1.807, 2.05) is 0 Å². The maximum absolute atomic E-state index is 11.6. The van der Waals surface area contributed by atoms with E-state index in [2.05, 4.69) is 10.1 Å². The smallest absolute Gasteiger partial charge is 0.407 e. The summed E-state index contributed by atoms with van der Waals surface area (Å²) in [5.41, 5.74) is 0. The Hall–Kier alpha value is -0.860. The van der Waals surface area contributed by atoms with Crippen LogP contribution >= 0.6 is 0 Å². The van der Waals surface area contributed by atoms with Crippen LogP contribution in [0.15, 0.2) is 0 Å². The average Bonchev–Trinajstić information content (AvgIpc) is 2.66. The number of methoxy groups -OCH3 is 1. The first-order chi connectivity index (χ1) is 7.49. The topological polar surface area (TPSA) is 95.9 Å². The third-order valence-corrected chi connectivity index (χ3v) is 4.22. The fourth-order valence-electron chi connectivity index (χ4n) is 1.57. The Bertz CT molecular complexity index is 342. The van der Waals surface area contributed by atoms with Crippen molar-refractivity contribution in [2.75, 3.05) is 32.6 Å². The van der Waals surface area contributed by atoms with E-state index in [4.69, 9.17) is 5.11 Å². The van der Waals surface area contributed by atoms with Gasteiger partial charge in [-0.15, -0.1) is 0 Å². The van der Waals surface area contributed by atoms with E-state index in [0.29, 0.717) is 13.0 Å². The average molecular weight is 252 g/mol. The minimum Gasteiger partial charge on any atom is -0.453 e. The number of ether oxygens (including phenoxy) is 1. The lowest BCUT2D eigenvalue weighted by Crippen LogP contribution is -2.39. The maximum atomic E-state index is 11.6. The van der Waals surface area contributed by atoms with Gasteiger partial charge in [0.05, 0.1) is 19.5 Å². The Morgan fingerprint density at radius 3 is 2.88 bits per heavy atom. The first kappa shape index (κ1) is 13.2. The third kappa shape index (κ3) is 3.32. The van der Waals surface area contributed by atoms with Gasteiger partial charge < -0.3 is 15.2 Å². The summed E-state index contributed by atoms with van der Waals surface area (Å²) in [5.74, 6) is -0.280. The summed E-state index contributed by atoms with van der Waals surface area (Å²) in [6.45, 7) is 0.197. The SMILES string of the molecule is COC(=O)NC1CCN(S(=O)(=O)CCO)C1. The molecule has 0 radical (unpaired) electrons. The zero-order valence-corrected chi connectivity index (χ0v) is 9.87. The monoisotopic (exact) mass is 252 g/mol. The number of nitrogens with zero attached hydrogens (tertiary/aromatic N) is 1.